The van der Waals surface area contributed by atoms with Crippen molar-refractivity contribution in [2.75, 3.05) is 52.9 Å². The van der Waals surface area contributed by atoms with Gasteiger partial charge in [0.2, 0.25) is 5.91 Å². The zero-order valence-corrected chi connectivity index (χ0v) is 15.1. The highest BCUT2D eigenvalue weighted by molar-refractivity contribution is 5.76. The molecule has 0 bridgehead atoms. The third-order valence-electron chi connectivity index (χ3n) is 5.55. The molecule has 1 aromatic rings. The number of likely N-dealkylation sites (tertiary alicyclic amines) is 1. The van der Waals surface area contributed by atoms with Crippen molar-refractivity contribution in [3.63, 3.8) is 0 Å². The van der Waals surface area contributed by atoms with Crippen molar-refractivity contribution in [3.05, 3.63) is 24.5 Å². The third-order valence-corrected chi connectivity index (χ3v) is 5.55. The van der Waals surface area contributed by atoms with Crippen LogP contribution in [0.5, 0.6) is 0 Å². The molecule has 0 radical (unpaired) electrons. The fourth-order valence-corrected chi connectivity index (χ4v) is 3.99. The Morgan fingerprint density at radius 1 is 1.04 bits per heavy atom. The van der Waals surface area contributed by atoms with Crippen LogP contribution >= 0.6 is 0 Å². The summed E-state index contributed by atoms with van der Waals surface area (Å²) in [5.74, 6) is 1.09. The highest BCUT2D eigenvalue weighted by Gasteiger charge is 2.23. The summed E-state index contributed by atoms with van der Waals surface area (Å²) in [4.78, 5) is 19.4. The summed E-state index contributed by atoms with van der Waals surface area (Å²) in [5.41, 5.74) is 0. The zero-order chi connectivity index (χ0) is 16.8. The molecule has 0 aromatic carbocycles. The molecule has 1 atom stereocenters. The maximum Gasteiger partial charge on any atom is 0.222 e. The fourth-order valence-electron chi connectivity index (χ4n) is 3.99. The lowest BCUT2D eigenvalue weighted by Crippen LogP contribution is -2.49. The topological polar surface area (TPSA) is 31.7 Å². The molecule has 3 heterocycles. The number of piperidine rings is 1. The van der Waals surface area contributed by atoms with Crippen LogP contribution in [-0.4, -0.2) is 78.0 Å². The molecular formula is C19H32N4O. The summed E-state index contributed by atoms with van der Waals surface area (Å²) in [6.45, 7) is 8.32. The average Bonchev–Trinajstić information content (AvgIpc) is 3.12. The SMILES string of the molecule is CN1CCC[C@H](CCC(=O)N2CCN(CCn3cccc3)CC2)C1. The number of aromatic nitrogens is 1. The van der Waals surface area contributed by atoms with Crippen molar-refractivity contribution in [3.8, 4) is 0 Å². The van der Waals surface area contributed by atoms with Crippen LogP contribution in [0.2, 0.25) is 0 Å². The minimum atomic E-state index is 0.369. The van der Waals surface area contributed by atoms with Gasteiger partial charge in [0.05, 0.1) is 0 Å². The number of nitrogens with zero attached hydrogens (tertiary/aromatic N) is 4. The Morgan fingerprint density at radius 2 is 1.79 bits per heavy atom. The van der Waals surface area contributed by atoms with Gasteiger partial charge in [0.25, 0.3) is 0 Å². The van der Waals surface area contributed by atoms with Gasteiger partial charge in [0.1, 0.15) is 0 Å². The Labute approximate surface area is 146 Å². The molecule has 0 spiro atoms. The predicted molar refractivity (Wildman–Crippen MR) is 96.9 cm³/mol. The molecule has 2 aliphatic heterocycles. The lowest BCUT2D eigenvalue weighted by atomic mass is 9.93. The van der Waals surface area contributed by atoms with Crippen molar-refractivity contribution in [2.24, 2.45) is 5.92 Å². The number of carbonyl (C=O) groups is 1. The Hall–Kier alpha value is -1.33. The molecule has 2 aliphatic rings. The summed E-state index contributed by atoms with van der Waals surface area (Å²) < 4.78 is 2.22. The molecular weight excluding hydrogens is 300 g/mol. The first kappa shape index (κ1) is 17.5. The highest BCUT2D eigenvalue weighted by Crippen LogP contribution is 2.20. The van der Waals surface area contributed by atoms with Gasteiger partial charge in [-0.1, -0.05) is 0 Å². The van der Waals surface area contributed by atoms with E-state index >= 15 is 0 Å². The molecule has 1 amide bonds. The number of carbonyl (C=O) groups excluding carboxylic acids is 1. The van der Waals surface area contributed by atoms with Gasteiger partial charge in [0, 0.05) is 64.6 Å². The second-order valence-corrected chi connectivity index (χ2v) is 7.45. The van der Waals surface area contributed by atoms with Crippen LogP contribution in [0.4, 0.5) is 0 Å². The molecule has 3 rings (SSSR count). The van der Waals surface area contributed by atoms with Crippen LogP contribution < -0.4 is 0 Å². The second-order valence-electron chi connectivity index (χ2n) is 7.45. The van der Waals surface area contributed by atoms with Gasteiger partial charge in [-0.3, -0.25) is 9.69 Å². The van der Waals surface area contributed by atoms with Crippen molar-refractivity contribution in [2.45, 2.75) is 32.2 Å². The molecule has 2 saturated heterocycles. The first-order chi connectivity index (χ1) is 11.7. The van der Waals surface area contributed by atoms with Gasteiger partial charge in [-0.2, -0.15) is 0 Å². The number of piperazine rings is 1. The largest absolute Gasteiger partial charge is 0.353 e. The minimum absolute atomic E-state index is 0.369. The molecule has 0 unspecified atom stereocenters. The van der Waals surface area contributed by atoms with E-state index in [9.17, 15) is 4.79 Å². The summed E-state index contributed by atoms with van der Waals surface area (Å²) in [5, 5.41) is 0. The second kappa shape index (κ2) is 8.67. The fraction of sp³-hybridized carbons (Fsp3) is 0.737. The summed E-state index contributed by atoms with van der Waals surface area (Å²) in [6, 6.07) is 4.14. The number of hydrogen-bond acceptors (Lipinski definition) is 3. The number of amides is 1. The zero-order valence-electron chi connectivity index (χ0n) is 15.1. The minimum Gasteiger partial charge on any atom is -0.353 e. The van der Waals surface area contributed by atoms with Crippen LogP contribution in [0.15, 0.2) is 24.5 Å². The molecule has 0 saturated carbocycles. The Kier molecular flexibility index (Phi) is 6.32. The van der Waals surface area contributed by atoms with E-state index in [-0.39, 0.29) is 0 Å². The van der Waals surface area contributed by atoms with E-state index in [4.69, 9.17) is 0 Å². The third kappa shape index (κ3) is 5.08. The van der Waals surface area contributed by atoms with Gasteiger partial charge in [0.15, 0.2) is 0 Å². The monoisotopic (exact) mass is 332 g/mol. The van der Waals surface area contributed by atoms with E-state index in [0.29, 0.717) is 5.91 Å². The molecule has 2 fully saturated rings. The molecule has 5 heteroatoms. The van der Waals surface area contributed by atoms with Crippen LogP contribution in [-0.2, 0) is 11.3 Å². The van der Waals surface area contributed by atoms with Gasteiger partial charge in [-0.15, -0.1) is 0 Å². The van der Waals surface area contributed by atoms with Gasteiger partial charge in [-0.25, -0.2) is 0 Å². The quantitative estimate of drug-likeness (QED) is 0.795. The van der Waals surface area contributed by atoms with Crippen molar-refractivity contribution in [1.82, 2.24) is 19.3 Å². The maximum absolute atomic E-state index is 12.5. The van der Waals surface area contributed by atoms with Crippen molar-refractivity contribution in [1.29, 1.82) is 0 Å². The van der Waals surface area contributed by atoms with E-state index in [0.717, 1.165) is 58.0 Å². The molecule has 5 nitrogen and oxygen atoms in total. The van der Waals surface area contributed by atoms with Crippen molar-refractivity contribution < 1.29 is 4.79 Å². The number of hydrogen-bond donors (Lipinski definition) is 0. The molecule has 24 heavy (non-hydrogen) atoms. The predicted octanol–water partition coefficient (Wildman–Crippen LogP) is 1.75. The normalized spacial score (nSPS) is 23.5. The van der Waals surface area contributed by atoms with E-state index in [2.05, 4.69) is 50.8 Å². The Bertz CT molecular complexity index is 493. The van der Waals surface area contributed by atoms with Crippen LogP contribution in [0.3, 0.4) is 0 Å². The van der Waals surface area contributed by atoms with E-state index in [1.54, 1.807) is 0 Å². The lowest BCUT2D eigenvalue weighted by molar-refractivity contribution is -0.133. The van der Waals surface area contributed by atoms with Gasteiger partial charge in [-0.05, 0) is 50.9 Å². The molecule has 1 aromatic heterocycles. The van der Waals surface area contributed by atoms with E-state index < -0.39 is 0 Å². The standard InChI is InChI=1S/C19H32N4O/c1-20-8-4-5-18(17-20)6-7-19(24)23-15-13-22(14-16-23)12-11-21-9-2-3-10-21/h2-3,9-10,18H,4-8,11-17H2,1H3/t18-/m1/s1. The summed E-state index contributed by atoms with van der Waals surface area (Å²) in [7, 11) is 2.20. The highest BCUT2D eigenvalue weighted by atomic mass is 16.2. The smallest absolute Gasteiger partial charge is 0.222 e. The summed E-state index contributed by atoms with van der Waals surface area (Å²) in [6.07, 6.45) is 8.62. The van der Waals surface area contributed by atoms with Crippen LogP contribution in [0.1, 0.15) is 25.7 Å². The summed E-state index contributed by atoms with van der Waals surface area (Å²) >= 11 is 0. The Balaban J connectivity index is 1.32. The van der Waals surface area contributed by atoms with Gasteiger partial charge >= 0.3 is 0 Å². The number of rotatable bonds is 6. The lowest BCUT2D eigenvalue weighted by Gasteiger charge is -2.35. The average molecular weight is 332 g/mol. The van der Waals surface area contributed by atoms with Crippen LogP contribution in [0, 0.1) is 5.92 Å². The first-order valence-corrected chi connectivity index (χ1v) is 9.50. The van der Waals surface area contributed by atoms with Crippen LogP contribution in [0.25, 0.3) is 0 Å². The molecule has 134 valence electrons. The van der Waals surface area contributed by atoms with Crippen molar-refractivity contribution >= 4 is 5.91 Å². The first-order valence-electron chi connectivity index (χ1n) is 9.50. The van der Waals surface area contributed by atoms with Gasteiger partial charge < -0.3 is 14.4 Å². The van der Waals surface area contributed by atoms with E-state index in [1.807, 2.05) is 0 Å². The van der Waals surface area contributed by atoms with E-state index in [1.165, 1.54) is 25.9 Å². The Morgan fingerprint density at radius 3 is 2.50 bits per heavy atom. The maximum atomic E-state index is 12.5. The molecule has 0 aliphatic carbocycles. The molecule has 0 N–H and O–H groups in total.